The van der Waals surface area contributed by atoms with Crippen LogP contribution in [0.4, 0.5) is 5.69 Å². The van der Waals surface area contributed by atoms with Crippen LogP contribution in [-0.4, -0.2) is 34.3 Å². The van der Waals surface area contributed by atoms with Gasteiger partial charge in [-0.05, 0) is 33.8 Å². The molecular weight excluding hydrogens is 312 g/mol. The lowest BCUT2D eigenvalue weighted by Gasteiger charge is -2.32. The van der Waals surface area contributed by atoms with Crippen molar-refractivity contribution in [1.29, 1.82) is 0 Å². The molecule has 2 rings (SSSR count). The normalized spacial score (nSPS) is 19.2. The summed E-state index contributed by atoms with van der Waals surface area (Å²) in [5.41, 5.74) is -2.07. The summed E-state index contributed by atoms with van der Waals surface area (Å²) in [6.07, 6.45) is 0. The third-order valence-corrected chi connectivity index (χ3v) is 4.38. The molecule has 0 radical (unpaired) electrons. The van der Waals surface area contributed by atoms with Crippen molar-refractivity contribution in [3.63, 3.8) is 0 Å². The topological polar surface area (TPSA) is 98.9 Å². The standard InChI is InChI=1S/C13H15BClNO6/c1-12(2)13(3,4)22-14(21-12)8-6-10(16(19)20)7(11(17)18)5-9(8)15/h5-6H,1-4H3,(H,17,18). The van der Waals surface area contributed by atoms with Gasteiger partial charge in [-0.25, -0.2) is 4.79 Å². The minimum atomic E-state index is -1.42. The van der Waals surface area contributed by atoms with Crippen molar-refractivity contribution >= 4 is 35.8 Å². The number of halogens is 1. The summed E-state index contributed by atoms with van der Waals surface area (Å²) in [5.74, 6) is -1.42. The van der Waals surface area contributed by atoms with Gasteiger partial charge >= 0.3 is 13.1 Å². The van der Waals surface area contributed by atoms with E-state index in [1.807, 2.05) is 27.7 Å². The molecule has 0 saturated carbocycles. The van der Waals surface area contributed by atoms with Gasteiger partial charge in [-0.3, -0.25) is 10.1 Å². The highest BCUT2D eigenvalue weighted by Gasteiger charge is 2.52. The first kappa shape index (κ1) is 16.7. The number of nitrogens with zero attached hydrogens (tertiary/aromatic N) is 1. The molecule has 1 N–H and O–H groups in total. The van der Waals surface area contributed by atoms with Crippen LogP contribution in [0.5, 0.6) is 0 Å². The first-order valence-corrected chi connectivity index (χ1v) is 6.91. The predicted molar refractivity (Wildman–Crippen MR) is 80.8 cm³/mol. The fraction of sp³-hybridized carbons (Fsp3) is 0.462. The van der Waals surface area contributed by atoms with Gasteiger partial charge in [-0.2, -0.15) is 0 Å². The Balaban J connectivity index is 2.52. The smallest absolute Gasteiger partial charge is 0.477 e. The van der Waals surface area contributed by atoms with Crippen molar-refractivity contribution in [2.24, 2.45) is 0 Å². The van der Waals surface area contributed by atoms with Crippen LogP contribution in [0.1, 0.15) is 38.1 Å². The molecule has 1 heterocycles. The number of nitro benzene ring substituents is 1. The summed E-state index contributed by atoms with van der Waals surface area (Å²) < 4.78 is 11.6. The predicted octanol–water partition coefficient (Wildman–Crippen LogP) is 2.25. The van der Waals surface area contributed by atoms with Crippen LogP contribution in [0, 0.1) is 10.1 Å². The van der Waals surface area contributed by atoms with Crippen molar-refractivity contribution in [1.82, 2.24) is 0 Å². The van der Waals surface area contributed by atoms with Crippen LogP contribution in [0.3, 0.4) is 0 Å². The molecule has 0 unspecified atom stereocenters. The van der Waals surface area contributed by atoms with Crippen LogP contribution in [-0.2, 0) is 9.31 Å². The van der Waals surface area contributed by atoms with E-state index < -0.39 is 40.5 Å². The maximum Gasteiger partial charge on any atom is 0.496 e. The minimum absolute atomic E-state index is 0.0431. The van der Waals surface area contributed by atoms with Crippen molar-refractivity contribution in [2.45, 2.75) is 38.9 Å². The molecule has 7 nitrogen and oxygen atoms in total. The number of carboxylic acid groups (broad SMARTS) is 1. The van der Waals surface area contributed by atoms with Crippen LogP contribution in [0.15, 0.2) is 12.1 Å². The molecule has 0 spiro atoms. The SMILES string of the molecule is CC1(C)OB(c2cc([N+](=O)[O-])c(C(=O)O)cc2Cl)OC1(C)C. The van der Waals surface area contributed by atoms with Gasteiger partial charge in [-0.15, -0.1) is 0 Å². The monoisotopic (exact) mass is 327 g/mol. The van der Waals surface area contributed by atoms with Gasteiger partial charge in [0.2, 0.25) is 0 Å². The van der Waals surface area contributed by atoms with E-state index in [0.29, 0.717) is 0 Å². The number of benzene rings is 1. The molecule has 0 aliphatic carbocycles. The molecule has 0 bridgehead atoms. The average Bonchev–Trinajstić information content (AvgIpc) is 2.57. The Bertz CT molecular complexity index is 644. The molecule has 0 aromatic heterocycles. The molecule has 118 valence electrons. The quantitative estimate of drug-likeness (QED) is 0.519. The number of rotatable bonds is 3. The van der Waals surface area contributed by atoms with Crippen molar-refractivity contribution in [2.75, 3.05) is 0 Å². The number of carbonyl (C=O) groups is 1. The Morgan fingerprint density at radius 2 is 1.77 bits per heavy atom. The first-order chi connectivity index (χ1) is 9.96. The van der Waals surface area contributed by atoms with E-state index in [1.54, 1.807) is 0 Å². The molecule has 1 aromatic carbocycles. The van der Waals surface area contributed by atoms with E-state index in [1.165, 1.54) is 0 Å². The molecular formula is C13H15BClNO6. The second-order valence-corrected chi connectivity index (χ2v) is 6.45. The van der Waals surface area contributed by atoms with E-state index in [-0.39, 0.29) is 10.5 Å². The summed E-state index contributed by atoms with van der Waals surface area (Å²) >= 11 is 6.07. The molecule has 1 saturated heterocycles. The van der Waals surface area contributed by atoms with Gasteiger partial charge < -0.3 is 14.4 Å². The number of aromatic carboxylic acids is 1. The third kappa shape index (κ3) is 2.69. The number of hydrogen-bond donors (Lipinski definition) is 1. The zero-order chi connectivity index (χ0) is 16.9. The maximum absolute atomic E-state index is 11.1. The van der Waals surface area contributed by atoms with E-state index in [0.717, 1.165) is 12.1 Å². The largest absolute Gasteiger partial charge is 0.496 e. The molecule has 0 amide bonds. The van der Waals surface area contributed by atoms with Gasteiger partial charge in [0.05, 0.1) is 16.1 Å². The number of carboxylic acids is 1. The summed E-state index contributed by atoms with van der Waals surface area (Å²) in [6, 6.07) is 2.14. The van der Waals surface area contributed by atoms with Crippen LogP contribution in [0.2, 0.25) is 5.02 Å². The third-order valence-electron chi connectivity index (χ3n) is 4.05. The summed E-state index contributed by atoms with van der Waals surface area (Å²) in [5, 5.41) is 20.2. The van der Waals surface area contributed by atoms with Crippen molar-refractivity contribution in [3.8, 4) is 0 Å². The molecule has 9 heteroatoms. The van der Waals surface area contributed by atoms with Gasteiger partial charge in [-0.1, -0.05) is 11.6 Å². The Hall–Kier alpha value is -1.64. The zero-order valence-corrected chi connectivity index (χ0v) is 13.3. The second-order valence-electron chi connectivity index (χ2n) is 6.04. The van der Waals surface area contributed by atoms with E-state index >= 15 is 0 Å². The highest BCUT2D eigenvalue weighted by atomic mass is 35.5. The molecule has 1 aromatic rings. The van der Waals surface area contributed by atoms with Gasteiger partial charge in [0.25, 0.3) is 5.69 Å². The summed E-state index contributed by atoms with van der Waals surface area (Å²) in [4.78, 5) is 21.4. The lowest BCUT2D eigenvalue weighted by atomic mass is 9.78. The average molecular weight is 328 g/mol. The van der Waals surface area contributed by atoms with E-state index in [9.17, 15) is 14.9 Å². The molecule has 22 heavy (non-hydrogen) atoms. The van der Waals surface area contributed by atoms with E-state index in [4.69, 9.17) is 26.0 Å². The second kappa shape index (κ2) is 5.22. The fourth-order valence-corrected chi connectivity index (χ4v) is 2.30. The molecule has 0 atom stereocenters. The van der Waals surface area contributed by atoms with Crippen LogP contribution in [0.25, 0.3) is 0 Å². The first-order valence-electron chi connectivity index (χ1n) is 6.53. The Kier molecular flexibility index (Phi) is 3.97. The van der Waals surface area contributed by atoms with Gasteiger partial charge in [0.15, 0.2) is 0 Å². The Labute approximate surface area is 132 Å². The number of hydrogen-bond acceptors (Lipinski definition) is 5. The number of nitro groups is 1. The van der Waals surface area contributed by atoms with Gasteiger partial charge in [0, 0.05) is 16.6 Å². The summed E-state index contributed by atoms with van der Waals surface area (Å²) in [6.45, 7) is 7.34. The summed E-state index contributed by atoms with van der Waals surface area (Å²) in [7, 11) is -0.904. The molecule has 1 aliphatic rings. The minimum Gasteiger partial charge on any atom is -0.477 e. The Morgan fingerprint density at radius 3 is 2.18 bits per heavy atom. The zero-order valence-electron chi connectivity index (χ0n) is 12.5. The van der Waals surface area contributed by atoms with Crippen LogP contribution >= 0.6 is 11.6 Å². The highest BCUT2D eigenvalue weighted by molar-refractivity contribution is 6.65. The maximum atomic E-state index is 11.1. The van der Waals surface area contributed by atoms with Crippen molar-refractivity contribution in [3.05, 3.63) is 32.8 Å². The van der Waals surface area contributed by atoms with Gasteiger partial charge in [0.1, 0.15) is 5.56 Å². The Morgan fingerprint density at radius 1 is 1.27 bits per heavy atom. The fourth-order valence-electron chi connectivity index (χ4n) is 2.05. The molecule has 1 aliphatic heterocycles. The molecule has 1 fully saturated rings. The highest BCUT2D eigenvalue weighted by Crippen LogP contribution is 2.37. The van der Waals surface area contributed by atoms with Crippen LogP contribution < -0.4 is 5.46 Å². The van der Waals surface area contributed by atoms with E-state index in [2.05, 4.69) is 0 Å². The lowest BCUT2D eigenvalue weighted by molar-refractivity contribution is -0.385. The lowest BCUT2D eigenvalue weighted by Crippen LogP contribution is -2.41. The van der Waals surface area contributed by atoms with Crippen molar-refractivity contribution < 1.29 is 24.1 Å².